The molecule has 6 heteroatoms. The highest BCUT2D eigenvalue weighted by molar-refractivity contribution is 5.84. The molecule has 1 heterocycles. The molecule has 2 atom stereocenters. The minimum absolute atomic E-state index is 0.101. The molecular weight excluding hydrogens is 294 g/mol. The van der Waals surface area contributed by atoms with Crippen LogP contribution in [0.15, 0.2) is 24.3 Å². The third-order valence-electron chi connectivity index (χ3n) is 4.38. The summed E-state index contributed by atoms with van der Waals surface area (Å²) in [6.07, 6.45) is -1.04. The van der Waals surface area contributed by atoms with Crippen molar-refractivity contribution in [2.45, 2.75) is 46.3 Å². The number of anilines is 1. The third-order valence-corrected chi connectivity index (χ3v) is 4.38. The summed E-state index contributed by atoms with van der Waals surface area (Å²) in [5.41, 5.74) is 7.09. The van der Waals surface area contributed by atoms with Crippen molar-refractivity contribution in [2.75, 3.05) is 12.3 Å². The van der Waals surface area contributed by atoms with Crippen molar-refractivity contribution in [2.24, 2.45) is 5.41 Å². The van der Waals surface area contributed by atoms with E-state index in [0.29, 0.717) is 12.2 Å². The average Bonchev–Trinajstić information content (AvgIpc) is 2.43. The molecule has 6 nitrogen and oxygen atoms in total. The van der Waals surface area contributed by atoms with E-state index >= 15 is 0 Å². The summed E-state index contributed by atoms with van der Waals surface area (Å²) in [5.74, 6) is -0.169. The van der Waals surface area contributed by atoms with Crippen LogP contribution >= 0.6 is 0 Å². The zero-order valence-electron chi connectivity index (χ0n) is 14.1. The van der Waals surface area contributed by atoms with Gasteiger partial charge in [-0.2, -0.15) is 0 Å². The molecule has 126 valence electrons. The highest BCUT2D eigenvalue weighted by Gasteiger charge is 2.45. The Morgan fingerprint density at radius 1 is 1.30 bits per heavy atom. The molecule has 2 rings (SSSR count). The van der Waals surface area contributed by atoms with E-state index < -0.39 is 6.09 Å². The topological polar surface area (TPSA) is 86.9 Å². The lowest BCUT2D eigenvalue weighted by molar-refractivity contribution is -0.145. The standard InChI is InChI=1S/C17H25N3O3/c1-11-15(17(2,3)4)20(16(22)23)10-14(21)19(11)9-12-5-7-13(18)8-6-12/h5-8,11,15H,9-10,18H2,1-4H3,(H,22,23). The van der Waals surface area contributed by atoms with Crippen LogP contribution in [0.3, 0.4) is 0 Å². The molecule has 0 bridgehead atoms. The number of nitrogen functional groups attached to an aromatic ring is 1. The number of amides is 2. The molecule has 1 aliphatic rings. The Labute approximate surface area is 136 Å². The van der Waals surface area contributed by atoms with Crippen molar-refractivity contribution in [3.63, 3.8) is 0 Å². The van der Waals surface area contributed by atoms with Crippen molar-refractivity contribution >= 4 is 17.7 Å². The Morgan fingerprint density at radius 3 is 2.35 bits per heavy atom. The first-order valence-corrected chi connectivity index (χ1v) is 7.74. The van der Waals surface area contributed by atoms with E-state index in [1.165, 1.54) is 4.90 Å². The van der Waals surface area contributed by atoms with Crippen LogP contribution in [-0.4, -0.2) is 45.5 Å². The van der Waals surface area contributed by atoms with E-state index in [2.05, 4.69) is 0 Å². The van der Waals surface area contributed by atoms with E-state index in [9.17, 15) is 14.7 Å². The molecule has 0 radical (unpaired) electrons. The van der Waals surface area contributed by atoms with Gasteiger partial charge in [0.1, 0.15) is 6.54 Å². The fraction of sp³-hybridized carbons (Fsp3) is 0.529. The van der Waals surface area contributed by atoms with Gasteiger partial charge in [0, 0.05) is 12.2 Å². The Hall–Kier alpha value is -2.24. The van der Waals surface area contributed by atoms with Crippen LogP contribution in [0.4, 0.5) is 10.5 Å². The third kappa shape index (κ3) is 3.57. The van der Waals surface area contributed by atoms with Crippen molar-refractivity contribution in [1.29, 1.82) is 0 Å². The maximum absolute atomic E-state index is 12.5. The molecule has 0 spiro atoms. The number of hydrogen-bond acceptors (Lipinski definition) is 3. The van der Waals surface area contributed by atoms with Crippen molar-refractivity contribution < 1.29 is 14.7 Å². The molecule has 0 aliphatic carbocycles. The second-order valence-corrected chi connectivity index (χ2v) is 7.23. The fourth-order valence-electron chi connectivity index (χ4n) is 3.42. The zero-order valence-corrected chi connectivity index (χ0v) is 14.1. The molecule has 1 aromatic carbocycles. The molecule has 1 aromatic rings. The monoisotopic (exact) mass is 319 g/mol. The van der Waals surface area contributed by atoms with Crippen LogP contribution in [0, 0.1) is 5.41 Å². The smallest absolute Gasteiger partial charge is 0.408 e. The summed E-state index contributed by atoms with van der Waals surface area (Å²) in [5, 5.41) is 9.46. The van der Waals surface area contributed by atoms with Crippen molar-refractivity contribution in [1.82, 2.24) is 9.80 Å². The average molecular weight is 319 g/mol. The van der Waals surface area contributed by atoms with Crippen LogP contribution in [0.25, 0.3) is 0 Å². The Morgan fingerprint density at radius 2 is 1.87 bits per heavy atom. The second kappa shape index (κ2) is 6.10. The lowest BCUT2D eigenvalue weighted by atomic mass is 9.79. The van der Waals surface area contributed by atoms with E-state index in [1.807, 2.05) is 39.8 Å². The number of piperazine rings is 1. The van der Waals surface area contributed by atoms with Gasteiger partial charge in [-0.15, -0.1) is 0 Å². The van der Waals surface area contributed by atoms with Gasteiger partial charge in [-0.3, -0.25) is 9.69 Å². The minimum Gasteiger partial charge on any atom is -0.465 e. The molecule has 1 saturated heterocycles. The number of rotatable bonds is 2. The Kier molecular flexibility index (Phi) is 4.54. The van der Waals surface area contributed by atoms with Gasteiger partial charge in [0.15, 0.2) is 0 Å². The number of nitrogens with zero attached hydrogens (tertiary/aromatic N) is 2. The van der Waals surface area contributed by atoms with Crippen molar-refractivity contribution in [3.05, 3.63) is 29.8 Å². The maximum Gasteiger partial charge on any atom is 0.408 e. The number of hydrogen-bond donors (Lipinski definition) is 2. The summed E-state index contributed by atoms with van der Waals surface area (Å²) in [6, 6.07) is 6.94. The minimum atomic E-state index is -1.04. The van der Waals surface area contributed by atoms with Gasteiger partial charge in [-0.05, 0) is 30.0 Å². The van der Waals surface area contributed by atoms with E-state index in [4.69, 9.17) is 5.73 Å². The lowest BCUT2D eigenvalue weighted by Crippen LogP contribution is -2.65. The fourth-order valence-corrected chi connectivity index (χ4v) is 3.42. The predicted octanol–water partition coefficient (Wildman–Crippen LogP) is 2.39. The number of carbonyl (C=O) groups excluding carboxylic acids is 1. The van der Waals surface area contributed by atoms with Crippen molar-refractivity contribution in [3.8, 4) is 0 Å². The molecule has 2 unspecified atom stereocenters. The molecule has 0 saturated carbocycles. The predicted molar refractivity (Wildman–Crippen MR) is 88.8 cm³/mol. The molecular formula is C17H25N3O3. The van der Waals surface area contributed by atoms with Gasteiger partial charge >= 0.3 is 6.09 Å². The number of carbonyl (C=O) groups is 2. The summed E-state index contributed by atoms with van der Waals surface area (Å²) >= 11 is 0. The van der Waals surface area contributed by atoms with E-state index in [-0.39, 0.29) is 30.0 Å². The maximum atomic E-state index is 12.5. The Balaban J connectivity index is 2.28. The van der Waals surface area contributed by atoms with E-state index in [0.717, 1.165) is 5.56 Å². The molecule has 0 aromatic heterocycles. The Bertz CT molecular complexity index is 592. The molecule has 1 aliphatic heterocycles. The highest BCUT2D eigenvalue weighted by Crippen LogP contribution is 2.33. The van der Waals surface area contributed by atoms with Gasteiger partial charge in [0.25, 0.3) is 0 Å². The molecule has 2 amide bonds. The first-order valence-electron chi connectivity index (χ1n) is 7.74. The quantitative estimate of drug-likeness (QED) is 0.819. The first-order chi connectivity index (χ1) is 10.6. The lowest BCUT2D eigenvalue weighted by Gasteiger charge is -2.50. The zero-order chi connectivity index (χ0) is 17.4. The number of carboxylic acid groups (broad SMARTS) is 1. The van der Waals surface area contributed by atoms with Gasteiger partial charge in [-0.25, -0.2) is 4.79 Å². The van der Waals surface area contributed by atoms with E-state index in [1.54, 1.807) is 17.0 Å². The second-order valence-electron chi connectivity index (χ2n) is 7.23. The number of nitrogens with two attached hydrogens (primary N) is 1. The molecule has 1 fully saturated rings. The summed E-state index contributed by atoms with van der Waals surface area (Å²) in [6.45, 7) is 8.28. The van der Waals surface area contributed by atoms with Crippen LogP contribution in [0.2, 0.25) is 0 Å². The van der Waals surface area contributed by atoms with Gasteiger partial charge < -0.3 is 15.7 Å². The largest absolute Gasteiger partial charge is 0.465 e. The van der Waals surface area contributed by atoms with Crippen LogP contribution in [0.5, 0.6) is 0 Å². The molecule has 3 N–H and O–H groups in total. The summed E-state index contributed by atoms with van der Waals surface area (Å²) < 4.78 is 0. The van der Waals surface area contributed by atoms with Crippen LogP contribution in [0.1, 0.15) is 33.3 Å². The normalized spacial score (nSPS) is 22.3. The van der Waals surface area contributed by atoms with Gasteiger partial charge in [0.2, 0.25) is 5.91 Å². The van der Waals surface area contributed by atoms with Gasteiger partial charge in [-0.1, -0.05) is 32.9 Å². The molecule has 23 heavy (non-hydrogen) atoms. The summed E-state index contributed by atoms with van der Waals surface area (Å²) in [7, 11) is 0. The van der Waals surface area contributed by atoms with Crippen LogP contribution < -0.4 is 5.73 Å². The SMILES string of the molecule is CC1C(C(C)(C)C)N(C(=O)O)CC(=O)N1Cc1ccc(N)cc1. The van der Waals surface area contributed by atoms with Crippen LogP contribution in [-0.2, 0) is 11.3 Å². The number of benzene rings is 1. The van der Waals surface area contributed by atoms with Gasteiger partial charge in [0.05, 0.1) is 12.1 Å². The summed E-state index contributed by atoms with van der Waals surface area (Å²) in [4.78, 5) is 27.0. The highest BCUT2D eigenvalue weighted by atomic mass is 16.4. The first kappa shape index (κ1) is 17.1.